The summed E-state index contributed by atoms with van der Waals surface area (Å²) in [5.41, 5.74) is 3.90. The van der Waals surface area contributed by atoms with Gasteiger partial charge >= 0.3 is 0 Å². The molecule has 0 aliphatic heterocycles. The number of benzene rings is 1. The zero-order valence-corrected chi connectivity index (χ0v) is 9.54. The summed E-state index contributed by atoms with van der Waals surface area (Å²) in [6.45, 7) is 8.77. The highest BCUT2D eigenvalue weighted by Gasteiger charge is 2.09. The van der Waals surface area contributed by atoms with E-state index < -0.39 is 0 Å². The Bertz CT molecular complexity index is 302. The lowest BCUT2D eigenvalue weighted by atomic mass is 9.92. The van der Waals surface area contributed by atoms with Gasteiger partial charge in [-0.3, -0.25) is 0 Å². The van der Waals surface area contributed by atoms with Gasteiger partial charge in [-0.25, -0.2) is 0 Å². The maximum atomic E-state index is 9.14. The molecule has 0 heterocycles. The summed E-state index contributed by atoms with van der Waals surface area (Å²) in [6, 6.07) is 6.55. The molecule has 0 aliphatic rings. The second-order valence-corrected chi connectivity index (χ2v) is 4.35. The smallest absolute Gasteiger partial charge is 0.0497 e. The summed E-state index contributed by atoms with van der Waals surface area (Å²) in [7, 11) is 0. The van der Waals surface area contributed by atoms with Crippen molar-refractivity contribution in [2.24, 2.45) is 0 Å². The summed E-state index contributed by atoms with van der Waals surface area (Å²) >= 11 is 0. The molecule has 1 heteroatoms. The Morgan fingerprint density at radius 3 is 2.36 bits per heavy atom. The first kappa shape index (κ1) is 11.3. The Balaban J connectivity index is 3.08. The van der Waals surface area contributed by atoms with Gasteiger partial charge in [-0.2, -0.15) is 0 Å². The maximum absolute atomic E-state index is 9.14. The zero-order chi connectivity index (χ0) is 10.7. The Kier molecular flexibility index (Phi) is 3.70. The van der Waals surface area contributed by atoms with Crippen LogP contribution in [0.4, 0.5) is 0 Å². The highest BCUT2D eigenvalue weighted by atomic mass is 16.3. The second kappa shape index (κ2) is 4.61. The van der Waals surface area contributed by atoms with Crippen molar-refractivity contribution in [3.05, 3.63) is 34.9 Å². The lowest BCUT2D eigenvalue weighted by Crippen LogP contribution is -2.02. The van der Waals surface area contributed by atoms with Crippen molar-refractivity contribution in [3.8, 4) is 0 Å². The molecule has 78 valence electrons. The molecule has 1 rings (SSSR count). The predicted octanol–water partition coefficient (Wildman–Crippen LogP) is 3.21. The quantitative estimate of drug-likeness (QED) is 0.779. The van der Waals surface area contributed by atoms with Gasteiger partial charge < -0.3 is 5.11 Å². The van der Waals surface area contributed by atoms with E-state index >= 15 is 0 Å². The summed E-state index contributed by atoms with van der Waals surface area (Å²) < 4.78 is 0. The minimum Gasteiger partial charge on any atom is -0.396 e. The Morgan fingerprint density at radius 2 is 1.86 bits per heavy atom. The van der Waals surface area contributed by atoms with Crippen LogP contribution in [0.2, 0.25) is 0 Å². The highest BCUT2D eigenvalue weighted by Crippen LogP contribution is 2.24. The molecule has 14 heavy (non-hydrogen) atoms. The summed E-state index contributed by atoms with van der Waals surface area (Å²) in [6.07, 6.45) is 0. The van der Waals surface area contributed by atoms with Gasteiger partial charge in [-0.05, 0) is 29.5 Å². The van der Waals surface area contributed by atoms with Gasteiger partial charge in [-0.15, -0.1) is 0 Å². The van der Waals surface area contributed by atoms with Crippen LogP contribution in [-0.4, -0.2) is 11.7 Å². The number of aryl methyl sites for hydroxylation is 1. The van der Waals surface area contributed by atoms with Crippen LogP contribution >= 0.6 is 0 Å². The molecule has 0 amide bonds. The molecule has 1 atom stereocenters. The SMILES string of the molecule is Cc1ccc(C(C)C)cc1C(C)CO. The Hall–Kier alpha value is -0.820. The molecule has 1 N–H and O–H groups in total. The third-order valence-electron chi connectivity index (χ3n) is 2.77. The van der Waals surface area contributed by atoms with Gasteiger partial charge in [0.05, 0.1) is 0 Å². The summed E-state index contributed by atoms with van der Waals surface area (Å²) in [5, 5.41) is 9.14. The van der Waals surface area contributed by atoms with Crippen LogP contribution < -0.4 is 0 Å². The van der Waals surface area contributed by atoms with E-state index in [9.17, 15) is 0 Å². The lowest BCUT2D eigenvalue weighted by Gasteiger charge is -2.15. The van der Waals surface area contributed by atoms with Crippen LogP contribution in [0.5, 0.6) is 0 Å². The largest absolute Gasteiger partial charge is 0.396 e. The number of aliphatic hydroxyl groups is 1. The monoisotopic (exact) mass is 192 g/mol. The third-order valence-corrected chi connectivity index (χ3v) is 2.77. The van der Waals surface area contributed by atoms with Crippen LogP contribution in [0.1, 0.15) is 49.3 Å². The molecule has 0 bridgehead atoms. The van der Waals surface area contributed by atoms with Crippen molar-refractivity contribution in [3.63, 3.8) is 0 Å². The average molecular weight is 192 g/mol. The first-order chi connectivity index (χ1) is 6.56. The fourth-order valence-electron chi connectivity index (χ4n) is 1.65. The van der Waals surface area contributed by atoms with E-state index in [1.54, 1.807) is 0 Å². The Morgan fingerprint density at radius 1 is 1.21 bits per heavy atom. The lowest BCUT2D eigenvalue weighted by molar-refractivity contribution is 0.272. The van der Waals surface area contributed by atoms with E-state index in [1.165, 1.54) is 16.7 Å². The molecule has 0 spiro atoms. The maximum Gasteiger partial charge on any atom is 0.0497 e. The van der Waals surface area contributed by atoms with Gasteiger partial charge in [0.1, 0.15) is 0 Å². The molecule has 0 aliphatic carbocycles. The molecule has 0 saturated heterocycles. The van der Waals surface area contributed by atoms with Gasteiger partial charge in [0.15, 0.2) is 0 Å². The standard InChI is InChI=1S/C13H20O/c1-9(2)12-6-5-10(3)13(7-12)11(4)8-14/h5-7,9,11,14H,8H2,1-4H3. The molecule has 0 saturated carbocycles. The van der Waals surface area contributed by atoms with Gasteiger partial charge in [0, 0.05) is 12.5 Å². The van der Waals surface area contributed by atoms with Crippen molar-refractivity contribution in [1.82, 2.24) is 0 Å². The molecule has 1 nitrogen and oxygen atoms in total. The van der Waals surface area contributed by atoms with E-state index in [4.69, 9.17) is 5.11 Å². The Labute approximate surface area is 86.8 Å². The third kappa shape index (κ3) is 2.36. The molecule has 0 radical (unpaired) electrons. The van der Waals surface area contributed by atoms with Gasteiger partial charge in [-0.1, -0.05) is 39.0 Å². The van der Waals surface area contributed by atoms with Crippen LogP contribution in [0.15, 0.2) is 18.2 Å². The number of hydrogen-bond acceptors (Lipinski definition) is 1. The van der Waals surface area contributed by atoms with Crippen molar-refractivity contribution in [1.29, 1.82) is 0 Å². The average Bonchev–Trinajstić information content (AvgIpc) is 2.17. The minimum atomic E-state index is 0.225. The zero-order valence-electron chi connectivity index (χ0n) is 9.54. The molecule has 1 aromatic carbocycles. The fourth-order valence-corrected chi connectivity index (χ4v) is 1.65. The van der Waals surface area contributed by atoms with Crippen molar-refractivity contribution in [2.75, 3.05) is 6.61 Å². The van der Waals surface area contributed by atoms with Crippen LogP contribution in [0.25, 0.3) is 0 Å². The molecule has 1 unspecified atom stereocenters. The normalized spacial score (nSPS) is 13.3. The van der Waals surface area contributed by atoms with Gasteiger partial charge in [0.2, 0.25) is 0 Å². The summed E-state index contributed by atoms with van der Waals surface area (Å²) in [4.78, 5) is 0. The first-order valence-corrected chi connectivity index (χ1v) is 5.27. The highest BCUT2D eigenvalue weighted by molar-refractivity contribution is 5.34. The molecular weight excluding hydrogens is 172 g/mol. The number of hydrogen-bond donors (Lipinski definition) is 1. The van der Waals surface area contributed by atoms with Crippen LogP contribution in [-0.2, 0) is 0 Å². The van der Waals surface area contributed by atoms with E-state index in [0.717, 1.165) is 0 Å². The molecule has 0 fully saturated rings. The van der Waals surface area contributed by atoms with E-state index in [0.29, 0.717) is 5.92 Å². The van der Waals surface area contributed by atoms with Gasteiger partial charge in [0.25, 0.3) is 0 Å². The van der Waals surface area contributed by atoms with Crippen LogP contribution in [0.3, 0.4) is 0 Å². The fraction of sp³-hybridized carbons (Fsp3) is 0.538. The predicted molar refractivity (Wildman–Crippen MR) is 60.8 cm³/mol. The van der Waals surface area contributed by atoms with Crippen molar-refractivity contribution in [2.45, 2.75) is 39.5 Å². The molecule has 1 aromatic rings. The van der Waals surface area contributed by atoms with Crippen molar-refractivity contribution >= 4 is 0 Å². The molecule has 0 aromatic heterocycles. The number of aliphatic hydroxyl groups excluding tert-OH is 1. The van der Waals surface area contributed by atoms with Crippen LogP contribution in [0, 0.1) is 6.92 Å². The van der Waals surface area contributed by atoms with E-state index in [1.807, 2.05) is 0 Å². The minimum absolute atomic E-state index is 0.225. The van der Waals surface area contributed by atoms with E-state index in [2.05, 4.69) is 45.9 Å². The first-order valence-electron chi connectivity index (χ1n) is 5.27. The topological polar surface area (TPSA) is 20.2 Å². The summed E-state index contributed by atoms with van der Waals surface area (Å²) in [5.74, 6) is 0.800. The second-order valence-electron chi connectivity index (χ2n) is 4.35. The molecular formula is C13H20O. The number of rotatable bonds is 3. The van der Waals surface area contributed by atoms with E-state index in [-0.39, 0.29) is 12.5 Å². The van der Waals surface area contributed by atoms with Crippen molar-refractivity contribution < 1.29 is 5.11 Å².